The predicted molar refractivity (Wildman–Crippen MR) is 85.1 cm³/mol. The van der Waals surface area contributed by atoms with Crippen LogP contribution in [0.4, 0.5) is 9.18 Å². The van der Waals surface area contributed by atoms with Crippen molar-refractivity contribution in [1.82, 2.24) is 15.5 Å². The molecule has 4 N–H and O–H groups in total. The molecule has 24 heavy (non-hydrogen) atoms. The van der Waals surface area contributed by atoms with Gasteiger partial charge in [-0.25, -0.2) is 9.18 Å². The molecule has 1 atom stereocenters. The van der Waals surface area contributed by atoms with Crippen LogP contribution in [-0.4, -0.2) is 42.4 Å². The first-order valence-electron chi connectivity index (χ1n) is 7.79. The number of nitrogens with one attached hydrogen (secondary N) is 2. The molecular weight excluding hydrogens is 315 g/mol. The number of nitrogens with zero attached hydrogens (tertiary/aromatic N) is 1. The molecule has 1 aromatic carbocycles. The normalized spacial score (nSPS) is 17.2. The van der Waals surface area contributed by atoms with E-state index in [1.54, 1.807) is 17.0 Å². The van der Waals surface area contributed by atoms with Gasteiger partial charge < -0.3 is 21.3 Å². The van der Waals surface area contributed by atoms with Crippen molar-refractivity contribution in [1.29, 1.82) is 0 Å². The number of halogens is 1. The number of rotatable bonds is 5. The van der Waals surface area contributed by atoms with Gasteiger partial charge in [-0.1, -0.05) is 12.1 Å². The first-order chi connectivity index (χ1) is 11.5. The maximum Gasteiger partial charge on any atom is 0.315 e. The van der Waals surface area contributed by atoms with Crippen LogP contribution in [0.15, 0.2) is 24.3 Å². The van der Waals surface area contributed by atoms with Gasteiger partial charge >= 0.3 is 6.03 Å². The number of hydrogen-bond acceptors (Lipinski definition) is 3. The Labute approximate surface area is 139 Å². The number of likely N-dealkylation sites (tertiary alicyclic amines) is 1. The molecule has 1 saturated heterocycles. The minimum atomic E-state index is -0.490. The maximum absolute atomic E-state index is 12.8. The van der Waals surface area contributed by atoms with E-state index in [4.69, 9.17) is 5.73 Å². The molecule has 0 saturated carbocycles. The first-order valence-corrected chi connectivity index (χ1v) is 7.79. The summed E-state index contributed by atoms with van der Waals surface area (Å²) in [4.78, 5) is 36.5. The Hall–Kier alpha value is -2.64. The summed E-state index contributed by atoms with van der Waals surface area (Å²) in [7, 11) is 0. The minimum absolute atomic E-state index is 0.152. The first kappa shape index (κ1) is 17.7. The fourth-order valence-electron chi connectivity index (χ4n) is 2.55. The molecule has 7 nitrogen and oxygen atoms in total. The van der Waals surface area contributed by atoms with Crippen molar-refractivity contribution in [3.05, 3.63) is 35.6 Å². The second-order valence-electron chi connectivity index (χ2n) is 5.74. The highest BCUT2D eigenvalue weighted by molar-refractivity contribution is 5.85. The van der Waals surface area contributed by atoms with Crippen LogP contribution < -0.4 is 16.4 Å². The fourth-order valence-corrected chi connectivity index (χ4v) is 2.55. The van der Waals surface area contributed by atoms with Gasteiger partial charge in [0.15, 0.2) is 0 Å². The topological polar surface area (TPSA) is 105 Å². The van der Waals surface area contributed by atoms with E-state index < -0.39 is 11.9 Å². The summed E-state index contributed by atoms with van der Waals surface area (Å²) in [6, 6.07) is 5.27. The van der Waals surface area contributed by atoms with Crippen molar-refractivity contribution in [2.75, 3.05) is 19.6 Å². The van der Waals surface area contributed by atoms with Crippen molar-refractivity contribution in [3.63, 3.8) is 0 Å². The van der Waals surface area contributed by atoms with Crippen LogP contribution in [0.3, 0.4) is 0 Å². The van der Waals surface area contributed by atoms with E-state index in [0.717, 1.165) is 12.0 Å². The number of piperidine rings is 1. The quantitative estimate of drug-likeness (QED) is 0.722. The van der Waals surface area contributed by atoms with Crippen molar-refractivity contribution in [2.45, 2.75) is 19.4 Å². The summed E-state index contributed by atoms with van der Waals surface area (Å²) in [6.45, 7) is 0.934. The van der Waals surface area contributed by atoms with Crippen LogP contribution in [0.25, 0.3) is 0 Å². The molecule has 2 rings (SSSR count). The SMILES string of the molecule is NC(=O)C1CCCN(C(=O)CNC(=O)NCc2ccc(F)cc2)C1. The second kappa shape index (κ2) is 8.28. The Bertz CT molecular complexity index is 606. The predicted octanol–water partition coefficient (Wildman–Crippen LogP) is 0.349. The highest BCUT2D eigenvalue weighted by atomic mass is 19.1. The summed E-state index contributed by atoms with van der Waals surface area (Å²) in [5, 5.41) is 5.06. The van der Waals surface area contributed by atoms with Gasteiger partial charge in [0.2, 0.25) is 11.8 Å². The van der Waals surface area contributed by atoms with Crippen molar-refractivity contribution in [3.8, 4) is 0 Å². The number of urea groups is 1. The number of carbonyl (C=O) groups excluding carboxylic acids is 3. The van der Waals surface area contributed by atoms with Crippen LogP contribution in [0.1, 0.15) is 18.4 Å². The third kappa shape index (κ3) is 5.22. The number of primary amides is 1. The van der Waals surface area contributed by atoms with E-state index in [0.29, 0.717) is 19.5 Å². The molecule has 0 bridgehead atoms. The van der Waals surface area contributed by atoms with Crippen LogP contribution >= 0.6 is 0 Å². The summed E-state index contributed by atoms with van der Waals surface area (Å²) in [6.07, 6.45) is 1.40. The van der Waals surface area contributed by atoms with E-state index in [1.807, 2.05) is 0 Å². The van der Waals surface area contributed by atoms with Crippen molar-refractivity contribution in [2.24, 2.45) is 11.7 Å². The van der Waals surface area contributed by atoms with Gasteiger partial charge in [-0.05, 0) is 30.5 Å². The zero-order valence-corrected chi connectivity index (χ0v) is 13.3. The van der Waals surface area contributed by atoms with E-state index in [2.05, 4.69) is 10.6 Å². The summed E-state index contributed by atoms with van der Waals surface area (Å²) in [5.74, 6) is -1.32. The molecule has 0 radical (unpaired) electrons. The van der Waals surface area contributed by atoms with Crippen LogP contribution in [0.2, 0.25) is 0 Å². The molecule has 4 amide bonds. The molecule has 1 unspecified atom stereocenters. The molecule has 8 heteroatoms. The highest BCUT2D eigenvalue weighted by Gasteiger charge is 2.26. The summed E-state index contributed by atoms with van der Waals surface area (Å²) >= 11 is 0. The van der Waals surface area contributed by atoms with Crippen LogP contribution in [0.5, 0.6) is 0 Å². The average Bonchev–Trinajstić information content (AvgIpc) is 2.59. The average molecular weight is 336 g/mol. The number of benzene rings is 1. The van der Waals surface area contributed by atoms with E-state index >= 15 is 0 Å². The van der Waals surface area contributed by atoms with Crippen LogP contribution in [0, 0.1) is 11.7 Å². The lowest BCUT2D eigenvalue weighted by Crippen LogP contribution is -2.48. The zero-order valence-electron chi connectivity index (χ0n) is 13.3. The Morgan fingerprint density at radius 2 is 1.92 bits per heavy atom. The Morgan fingerprint density at radius 3 is 2.58 bits per heavy atom. The standard InChI is InChI=1S/C16H21FN4O3/c17-13-5-3-11(4-6-13)8-19-16(24)20-9-14(22)21-7-1-2-12(10-21)15(18)23/h3-6,12H,1-2,7-10H2,(H2,18,23)(H2,19,20,24). The molecular formula is C16H21FN4O3. The van der Waals surface area contributed by atoms with Gasteiger partial charge in [-0.2, -0.15) is 0 Å². The number of hydrogen-bond donors (Lipinski definition) is 3. The lowest BCUT2D eigenvalue weighted by atomic mass is 9.97. The molecule has 1 heterocycles. The van der Waals surface area contributed by atoms with Gasteiger partial charge in [-0.3, -0.25) is 9.59 Å². The minimum Gasteiger partial charge on any atom is -0.369 e. The third-order valence-electron chi connectivity index (χ3n) is 3.94. The number of nitrogens with two attached hydrogens (primary N) is 1. The number of amides is 4. The molecule has 1 aliphatic rings. The monoisotopic (exact) mass is 336 g/mol. The van der Waals surface area contributed by atoms with Gasteiger partial charge in [0.25, 0.3) is 0 Å². The Morgan fingerprint density at radius 1 is 1.21 bits per heavy atom. The largest absolute Gasteiger partial charge is 0.369 e. The molecule has 130 valence electrons. The van der Waals surface area contributed by atoms with Gasteiger partial charge in [0, 0.05) is 19.6 Å². The lowest BCUT2D eigenvalue weighted by molar-refractivity contribution is -0.134. The van der Waals surface area contributed by atoms with Gasteiger partial charge in [-0.15, -0.1) is 0 Å². The van der Waals surface area contributed by atoms with E-state index in [1.165, 1.54) is 12.1 Å². The zero-order chi connectivity index (χ0) is 17.5. The second-order valence-corrected chi connectivity index (χ2v) is 5.74. The van der Waals surface area contributed by atoms with E-state index in [9.17, 15) is 18.8 Å². The smallest absolute Gasteiger partial charge is 0.315 e. The highest BCUT2D eigenvalue weighted by Crippen LogP contribution is 2.15. The summed E-state index contributed by atoms with van der Waals surface area (Å²) in [5.41, 5.74) is 6.02. The lowest BCUT2D eigenvalue weighted by Gasteiger charge is -2.31. The molecule has 1 aromatic rings. The van der Waals surface area contributed by atoms with Gasteiger partial charge in [0.1, 0.15) is 5.82 Å². The Kier molecular flexibility index (Phi) is 6.11. The molecule has 1 fully saturated rings. The third-order valence-corrected chi connectivity index (χ3v) is 3.94. The molecule has 0 aliphatic carbocycles. The van der Waals surface area contributed by atoms with E-state index in [-0.39, 0.29) is 30.7 Å². The molecule has 1 aliphatic heterocycles. The van der Waals surface area contributed by atoms with Gasteiger partial charge in [0.05, 0.1) is 12.5 Å². The summed E-state index contributed by atoms with van der Waals surface area (Å²) < 4.78 is 12.8. The van der Waals surface area contributed by atoms with Crippen molar-refractivity contribution >= 4 is 17.8 Å². The fraction of sp³-hybridized carbons (Fsp3) is 0.438. The maximum atomic E-state index is 12.8. The molecule has 0 spiro atoms. The van der Waals surface area contributed by atoms with Crippen LogP contribution in [-0.2, 0) is 16.1 Å². The van der Waals surface area contributed by atoms with Crippen molar-refractivity contribution < 1.29 is 18.8 Å². The Balaban J connectivity index is 1.71. The molecule has 0 aromatic heterocycles. The number of carbonyl (C=O) groups is 3.